The molecule has 0 spiro atoms. The summed E-state index contributed by atoms with van der Waals surface area (Å²) >= 11 is 0. The third-order valence-electron chi connectivity index (χ3n) is 7.06. The molecular formula is C30H30N6O3. The third kappa shape index (κ3) is 5.03. The molecule has 9 heteroatoms. The summed E-state index contributed by atoms with van der Waals surface area (Å²) in [5.74, 6) is 2.56. The maximum atomic E-state index is 13.3. The van der Waals surface area contributed by atoms with Gasteiger partial charge in [-0.1, -0.05) is 42.5 Å². The third-order valence-corrected chi connectivity index (χ3v) is 7.06. The lowest BCUT2D eigenvalue weighted by Crippen LogP contribution is -2.50. The van der Waals surface area contributed by atoms with Crippen molar-refractivity contribution in [3.63, 3.8) is 0 Å². The van der Waals surface area contributed by atoms with Crippen LogP contribution in [0.1, 0.15) is 11.5 Å². The van der Waals surface area contributed by atoms with Crippen LogP contribution in [-0.4, -0.2) is 58.8 Å². The van der Waals surface area contributed by atoms with Crippen molar-refractivity contribution in [1.29, 1.82) is 0 Å². The topological polar surface area (TPSA) is 88.7 Å². The molecule has 9 nitrogen and oxygen atoms in total. The quantitative estimate of drug-likeness (QED) is 0.321. The molecule has 2 amide bonds. The first-order chi connectivity index (χ1) is 19.1. The van der Waals surface area contributed by atoms with Crippen LogP contribution in [-0.2, 0) is 6.54 Å². The molecule has 1 saturated heterocycles. The molecule has 5 aromatic rings. The van der Waals surface area contributed by atoms with E-state index in [1.54, 1.807) is 13.3 Å². The van der Waals surface area contributed by atoms with E-state index in [4.69, 9.17) is 14.1 Å². The number of piperazine rings is 1. The fraction of sp³-hybridized carbons (Fsp3) is 0.233. The first-order valence-electron chi connectivity index (χ1n) is 13.0. The Balaban J connectivity index is 1.15. The number of urea groups is 1. The van der Waals surface area contributed by atoms with Crippen molar-refractivity contribution in [3.8, 4) is 17.1 Å². The molecule has 0 aliphatic carbocycles. The molecule has 0 atom stereocenters. The van der Waals surface area contributed by atoms with Crippen molar-refractivity contribution in [1.82, 2.24) is 19.4 Å². The Hall–Kier alpha value is -4.79. The molecule has 6 rings (SSSR count). The summed E-state index contributed by atoms with van der Waals surface area (Å²) < 4.78 is 13.4. The lowest BCUT2D eigenvalue weighted by Gasteiger charge is -2.36. The van der Waals surface area contributed by atoms with E-state index < -0.39 is 0 Å². The van der Waals surface area contributed by atoms with Gasteiger partial charge < -0.3 is 23.5 Å². The lowest BCUT2D eigenvalue weighted by atomic mass is 10.1. The van der Waals surface area contributed by atoms with Crippen LogP contribution in [0, 0.1) is 6.92 Å². The number of methoxy groups -OCH3 is 1. The number of nitrogens with one attached hydrogen (secondary N) is 1. The van der Waals surface area contributed by atoms with Crippen LogP contribution in [0.2, 0.25) is 0 Å². The number of imidazole rings is 1. The molecule has 1 aliphatic rings. The average Bonchev–Trinajstić information content (AvgIpc) is 3.56. The number of amides is 2. The molecule has 0 saturated carbocycles. The highest BCUT2D eigenvalue weighted by atomic mass is 16.5. The maximum absolute atomic E-state index is 13.3. The SMILES string of the molecule is COc1cc(N2CCN(C(=O)Nc3nc4ccccc4n3Cc3ccccc3)CC2)ccc1-c1cnc(C)o1. The highest BCUT2D eigenvalue weighted by Gasteiger charge is 2.24. The number of rotatable bonds is 6. The number of hydrogen-bond donors (Lipinski definition) is 1. The lowest BCUT2D eigenvalue weighted by molar-refractivity contribution is 0.208. The molecule has 1 aliphatic heterocycles. The molecule has 198 valence electrons. The van der Waals surface area contributed by atoms with Crippen molar-refractivity contribution in [2.24, 2.45) is 0 Å². The minimum absolute atomic E-state index is 0.145. The monoisotopic (exact) mass is 522 g/mol. The van der Waals surface area contributed by atoms with Crippen LogP contribution in [0.15, 0.2) is 83.4 Å². The molecule has 1 fully saturated rings. The standard InChI is InChI=1S/C30H30N6O3/c1-21-31-19-28(39-21)24-13-12-23(18-27(24)38-2)34-14-16-35(17-15-34)30(37)33-29-32-25-10-6-7-11-26(25)36(29)20-22-8-4-3-5-9-22/h3-13,18-19H,14-17,20H2,1-2H3,(H,32,33,37). The van der Waals surface area contributed by atoms with Crippen LogP contribution in [0.3, 0.4) is 0 Å². The summed E-state index contributed by atoms with van der Waals surface area (Å²) in [7, 11) is 1.65. The summed E-state index contributed by atoms with van der Waals surface area (Å²) in [5.41, 5.74) is 4.88. The van der Waals surface area contributed by atoms with Crippen LogP contribution in [0.5, 0.6) is 5.75 Å². The number of oxazole rings is 1. The number of anilines is 2. The summed E-state index contributed by atoms with van der Waals surface area (Å²) in [5, 5.41) is 3.07. The molecule has 1 N–H and O–H groups in total. The van der Waals surface area contributed by atoms with E-state index in [0.29, 0.717) is 50.3 Å². The zero-order valence-electron chi connectivity index (χ0n) is 22.0. The second kappa shape index (κ2) is 10.5. The highest BCUT2D eigenvalue weighted by molar-refractivity contribution is 5.90. The van der Waals surface area contributed by atoms with Gasteiger partial charge in [0, 0.05) is 44.9 Å². The van der Waals surface area contributed by atoms with Crippen LogP contribution in [0.4, 0.5) is 16.4 Å². The molecule has 3 heterocycles. The smallest absolute Gasteiger partial charge is 0.324 e. The number of aryl methyl sites for hydroxylation is 1. The first-order valence-corrected chi connectivity index (χ1v) is 13.0. The summed E-state index contributed by atoms with van der Waals surface area (Å²) in [6, 6.07) is 24.0. The van der Waals surface area contributed by atoms with Gasteiger partial charge in [0.1, 0.15) is 5.75 Å². The number of carbonyl (C=O) groups is 1. The molecule has 39 heavy (non-hydrogen) atoms. The van der Waals surface area contributed by atoms with E-state index in [1.807, 2.05) is 66.4 Å². The van der Waals surface area contributed by atoms with Gasteiger partial charge in [0.2, 0.25) is 5.95 Å². The summed E-state index contributed by atoms with van der Waals surface area (Å²) in [6.45, 7) is 5.04. The first kappa shape index (κ1) is 24.5. The number of aromatic nitrogens is 3. The van der Waals surface area contributed by atoms with E-state index in [1.165, 1.54) is 0 Å². The Bertz CT molecular complexity index is 1600. The zero-order chi connectivity index (χ0) is 26.8. The van der Waals surface area contributed by atoms with E-state index in [-0.39, 0.29) is 6.03 Å². The van der Waals surface area contributed by atoms with E-state index in [9.17, 15) is 4.79 Å². The average molecular weight is 523 g/mol. The predicted molar refractivity (Wildman–Crippen MR) is 151 cm³/mol. The van der Waals surface area contributed by atoms with Gasteiger partial charge >= 0.3 is 6.03 Å². The predicted octanol–water partition coefficient (Wildman–Crippen LogP) is 5.41. The fourth-order valence-electron chi connectivity index (χ4n) is 5.01. The van der Waals surface area contributed by atoms with Gasteiger partial charge in [0.25, 0.3) is 0 Å². The minimum atomic E-state index is -0.145. The van der Waals surface area contributed by atoms with Gasteiger partial charge in [-0.3, -0.25) is 5.32 Å². The molecule has 3 aromatic carbocycles. The minimum Gasteiger partial charge on any atom is -0.496 e. The Kier molecular flexibility index (Phi) is 6.62. The molecule has 0 radical (unpaired) electrons. The maximum Gasteiger partial charge on any atom is 0.324 e. The Morgan fingerprint density at radius 1 is 1.00 bits per heavy atom. The Labute approximate surface area is 226 Å². The van der Waals surface area contributed by atoms with Crippen molar-refractivity contribution >= 4 is 28.7 Å². The van der Waals surface area contributed by atoms with E-state index >= 15 is 0 Å². The number of ether oxygens (including phenoxy) is 1. The van der Waals surface area contributed by atoms with Gasteiger partial charge in [0.15, 0.2) is 11.7 Å². The second-order valence-electron chi connectivity index (χ2n) is 9.53. The van der Waals surface area contributed by atoms with Crippen molar-refractivity contribution in [2.75, 3.05) is 43.5 Å². The summed E-state index contributed by atoms with van der Waals surface area (Å²) in [4.78, 5) is 26.3. The van der Waals surface area contributed by atoms with Crippen LogP contribution >= 0.6 is 0 Å². The van der Waals surface area contributed by atoms with Crippen LogP contribution in [0.25, 0.3) is 22.4 Å². The van der Waals surface area contributed by atoms with E-state index in [2.05, 4.69) is 38.0 Å². The van der Waals surface area contributed by atoms with Gasteiger partial charge in [-0.05, 0) is 29.8 Å². The highest BCUT2D eigenvalue weighted by Crippen LogP contribution is 2.34. The van der Waals surface area contributed by atoms with Crippen molar-refractivity contribution in [2.45, 2.75) is 13.5 Å². The number of nitrogens with zero attached hydrogens (tertiary/aromatic N) is 5. The second-order valence-corrected chi connectivity index (χ2v) is 9.53. The Morgan fingerprint density at radius 2 is 1.77 bits per heavy atom. The van der Waals surface area contributed by atoms with Gasteiger partial charge in [0.05, 0.1) is 36.4 Å². The largest absolute Gasteiger partial charge is 0.496 e. The normalized spacial score (nSPS) is 13.6. The van der Waals surface area contributed by atoms with Gasteiger partial charge in [-0.25, -0.2) is 14.8 Å². The van der Waals surface area contributed by atoms with Crippen LogP contribution < -0.4 is 15.0 Å². The molecular weight excluding hydrogens is 492 g/mol. The van der Waals surface area contributed by atoms with Crippen molar-refractivity contribution in [3.05, 3.63) is 90.4 Å². The number of para-hydroxylation sites is 2. The van der Waals surface area contributed by atoms with Crippen molar-refractivity contribution < 1.29 is 13.9 Å². The number of benzene rings is 3. The molecule has 0 bridgehead atoms. The number of hydrogen-bond acceptors (Lipinski definition) is 6. The number of fused-ring (bicyclic) bond motifs is 1. The molecule has 2 aromatic heterocycles. The van der Waals surface area contributed by atoms with E-state index in [0.717, 1.165) is 33.6 Å². The van der Waals surface area contributed by atoms with Gasteiger partial charge in [-0.15, -0.1) is 0 Å². The Morgan fingerprint density at radius 3 is 2.51 bits per heavy atom. The fourth-order valence-corrected chi connectivity index (χ4v) is 5.01. The number of carbonyl (C=O) groups excluding carboxylic acids is 1. The molecule has 0 unspecified atom stereocenters. The van der Waals surface area contributed by atoms with Gasteiger partial charge in [-0.2, -0.15) is 0 Å². The zero-order valence-corrected chi connectivity index (χ0v) is 22.0. The summed E-state index contributed by atoms with van der Waals surface area (Å²) in [6.07, 6.45) is 1.71.